The fraction of sp³-hybridized carbons (Fsp3) is 0.296. The number of carboxylic acid groups (broad SMARTS) is 1. The minimum absolute atomic E-state index is 0.0250. The molecule has 4 unspecified atom stereocenters. The van der Waals surface area contributed by atoms with Crippen molar-refractivity contribution in [2.24, 2.45) is 11.5 Å². The van der Waals surface area contributed by atoms with Gasteiger partial charge in [0, 0.05) is 29.3 Å². The number of rotatable bonds is 14. The van der Waals surface area contributed by atoms with Crippen molar-refractivity contribution in [1.82, 2.24) is 20.9 Å². The van der Waals surface area contributed by atoms with E-state index in [0.717, 1.165) is 16.5 Å². The van der Waals surface area contributed by atoms with Crippen LogP contribution in [0, 0.1) is 0 Å². The van der Waals surface area contributed by atoms with E-state index in [4.69, 9.17) is 11.5 Å². The molecule has 0 aliphatic rings. The number of fused-ring (bicyclic) bond motifs is 1. The molecule has 0 saturated heterocycles. The Morgan fingerprint density at radius 2 is 1.43 bits per heavy atom. The molecular formula is C27H32N6O6S. The lowest BCUT2D eigenvalue weighted by Gasteiger charge is -2.24. The summed E-state index contributed by atoms with van der Waals surface area (Å²) in [5.41, 5.74) is 13.7. The molecule has 0 aliphatic carbocycles. The number of carboxylic acids is 1. The third-order valence-electron chi connectivity index (χ3n) is 6.20. The summed E-state index contributed by atoms with van der Waals surface area (Å²) in [6.45, 7) is 0. The lowest BCUT2D eigenvalue weighted by atomic mass is 10.0. The second-order valence-electron chi connectivity index (χ2n) is 9.23. The summed E-state index contributed by atoms with van der Waals surface area (Å²) < 4.78 is 0. The molecular weight excluding hydrogens is 536 g/mol. The maximum absolute atomic E-state index is 13.0. The van der Waals surface area contributed by atoms with E-state index in [1.165, 1.54) is 0 Å². The first-order valence-electron chi connectivity index (χ1n) is 12.5. The van der Waals surface area contributed by atoms with Gasteiger partial charge in [-0.25, -0.2) is 4.79 Å². The Bertz CT molecular complexity index is 1360. The van der Waals surface area contributed by atoms with Crippen LogP contribution in [-0.2, 0) is 36.8 Å². The Balaban J connectivity index is 1.64. The Hall–Kier alpha value is -4.36. The van der Waals surface area contributed by atoms with Crippen LogP contribution in [0.15, 0.2) is 60.8 Å². The highest BCUT2D eigenvalue weighted by molar-refractivity contribution is 7.80. The molecule has 12 nitrogen and oxygen atoms in total. The van der Waals surface area contributed by atoms with Crippen molar-refractivity contribution in [2.45, 2.75) is 43.4 Å². The smallest absolute Gasteiger partial charge is 0.326 e. The molecule has 40 heavy (non-hydrogen) atoms. The summed E-state index contributed by atoms with van der Waals surface area (Å²) in [5, 5.41) is 17.7. The van der Waals surface area contributed by atoms with Gasteiger partial charge in [-0.15, -0.1) is 0 Å². The largest absolute Gasteiger partial charge is 0.480 e. The van der Waals surface area contributed by atoms with Crippen molar-refractivity contribution in [3.63, 3.8) is 0 Å². The van der Waals surface area contributed by atoms with Crippen LogP contribution in [0.25, 0.3) is 10.9 Å². The van der Waals surface area contributed by atoms with Gasteiger partial charge in [-0.2, -0.15) is 12.6 Å². The van der Waals surface area contributed by atoms with Crippen molar-refractivity contribution >= 4 is 53.1 Å². The van der Waals surface area contributed by atoms with Crippen LogP contribution < -0.4 is 27.4 Å². The van der Waals surface area contributed by atoms with Gasteiger partial charge in [0.15, 0.2) is 0 Å². The Morgan fingerprint density at radius 1 is 0.825 bits per heavy atom. The van der Waals surface area contributed by atoms with Gasteiger partial charge >= 0.3 is 5.97 Å². The second kappa shape index (κ2) is 14.1. The minimum atomic E-state index is -1.48. The number of H-pyrrole nitrogens is 1. The molecule has 2 aromatic carbocycles. The summed E-state index contributed by atoms with van der Waals surface area (Å²) in [6, 6.07) is 11.2. The van der Waals surface area contributed by atoms with Gasteiger partial charge in [-0.1, -0.05) is 48.5 Å². The SMILES string of the molecule is NC(=O)CC(NC(=O)C(CS)NC(=O)C(N)Cc1c[nH]c2ccccc12)C(=O)NC(Cc1ccccc1)C(=O)O. The average Bonchev–Trinajstić information content (AvgIpc) is 3.33. The number of nitrogens with two attached hydrogens (primary N) is 2. The van der Waals surface area contributed by atoms with E-state index in [1.807, 2.05) is 24.3 Å². The van der Waals surface area contributed by atoms with E-state index in [2.05, 4.69) is 33.6 Å². The number of primary amides is 1. The molecule has 212 valence electrons. The van der Waals surface area contributed by atoms with E-state index >= 15 is 0 Å². The van der Waals surface area contributed by atoms with Crippen molar-refractivity contribution in [3.8, 4) is 0 Å². The third-order valence-corrected chi connectivity index (χ3v) is 6.57. The van der Waals surface area contributed by atoms with Gasteiger partial charge in [0.1, 0.15) is 18.1 Å². The van der Waals surface area contributed by atoms with Crippen LogP contribution in [0.4, 0.5) is 0 Å². The third kappa shape index (κ3) is 8.32. The zero-order valence-electron chi connectivity index (χ0n) is 21.5. The monoisotopic (exact) mass is 568 g/mol. The lowest BCUT2D eigenvalue weighted by Crippen LogP contribution is -2.58. The topological polar surface area (TPSA) is 209 Å². The minimum Gasteiger partial charge on any atom is -0.480 e. The fourth-order valence-corrected chi connectivity index (χ4v) is 4.37. The van der Waals surface area contributed by atoms with Crippen molar-refractivity contribution < 1.29 is 29.1 Å². The molecule has 0 aliphatic heterocycles. The van der Waals surface area contributed by atoms with E-state index in [-0.39, 0.29) is 18.6 Å². The number of thiol groups is 1. The molecule has 0 radical (unpaired) electrons. The molecule has 0 fully saturated rings. The fourth-order valence-electron chi connectivity index (χ4n) is 4.11. The van der Waals surface area contributed by atoms with Crippen LogP contribution in [0.1, 0.15) is 17.5 Å². The van der Waals surface area contributed by atoms with Crippen LogP contribution in [-0.4, -0.2) is 69.6 Å². The number of carbonyl (C=O) groups excluding carboxylic acids is 4. The van der Waals surface area contributed by atoms with Gasteiger partial charge < -0.3 is 37.5 Å². The number of nitrogens with one attached hydrogen (secondary N) is 4. The molecule has 0 saturated carbocycles. The summed E-state index contributed by atoms with van der Waals surface area (Å²) in [7, 11) is 0. The first kappa shape index (κ1) is 30.2. The standard InChI is InChI=1S/C27H32N6O6S/c28-18(11-16-13-30-19-9-5-4-8-17(16)19)24(35)33-22(14-40)26(37)31-20(12-23(29)34)25(36)32-21(27(38)39)10-15-6-2-1-3-7-15/h1-9,13,18,20-22,30,40H,10-12,14,28H2,(H2,29,34)(H,31,37)(H,32,36)(H,33,35)(H,38,39). The average molecular weight is 569 g/mol. The van der Waals surface area contributed by atoms with E-state index in [9.17, 15) is 29.1 Å². The Morgan fingerprint density at radius 3 is 2.08 bits per heavy atom. The van der Waals surface area contributed by atoms with Crippen LogP contribution in [0.3, 0.4) is 0 Å². The number of hydrogen-bond donors (Lipinski definition) is 8. The zero-order valence-corrected chi connectivity index (χ0v) is 22.4. The number of hydrogen-bond acceptors (Lipinski definition) is 7. The molecule has 0 spiro atoms. The molecule has 9 N–H and O–H groups in total. The number of benzene rings is 2. The summed E-state index contributed by atoms with van der Waals surface area (Å²) >= 11 is 4.13. The highest BCUT2D eigenvalue weighted by atomic mass is 32.1. The number of amides is 4. The predicted octanol–water partition coefficient (Wildman–Crippen LogP) is -0.375. The summed E-state index contributed by atoms with van der Waals surface area (Å²) in [5.74, 6) is -4.71. The first-order valence-corrected chi connectivity index (χ1v) is 13.1. The number of aromatic amines is 1. The molecule has 4 atom stereocenters. The zero-order chi connectivity index (χ0) is 29.2. The molecule has 13 heteroatoms. The van der Waals surface area contributed by atoms with Gasteiger partial charge in [0.05, 0.1) is 12.5 Å². The van der Waals surface area contributed by atoms with Crippen molar-refractivity contribution in [3.05, 3.63) is 71.9 Å². The highest BCUT2D eigenvalue weighted by Crippen LogP contribution is 2.18. The van der Waals surface area contributed by atoms with E-state index in [1.54, 1.807) is 36.5 Å². The molecule has 3 aromatic rings. The quantitative estimate of drug-likeness (QED) is 0.121. The van der Waals surface area contributed by atoms with Gasteiger partial charge in [0.2, 0.25) is 23.6 Å². The maximum atomic E-state index is 13.0. The maximum Gasteiger partial charge on any atom is 0.326 e. The van der Waals surface area contributed by atoms with Crippen LogP contribution >= 0.6 is 12.6 Å². The van der Waals surface area contributed by atoms with Gasteiger partial charge in [-0.3, -0.25) is 19.2 Å². The molecule has 1 aromatic heterocycles. The van der Waals surface area contributed by atoms with Crippen LogP contribution in [0.5, 0.6) is 0 Å². The van der Waals surface area contributed by atoms with E-state index in [0.29, 0.717) is 5.56 Å². The first-order chi connectivity index (χ1) is 19.1. The number of aliphatic carboxylic acids is 1. The van der Waals surface area contributed by atoms with Gasteiger partial charge in [-0.05, 0) is 23.6 Å². The molecule has 0 bridgehead atoms. The molecule has 3 rings (SSSR count). The van der Waals surface area contributed by atoms with Crippen LogP contribution in [0.2, 0.25) is 0 Å². The second-order valence-corrected chi connectivity index (χ2v) is 9.60. The summed E-state index contributed by atoms with van der Waals surface area (Å²) in [4.78, 5) is 65.2. The van der Waals surface area contributed by atoms with Crippen molar-refractivity contribution in [1.29, 1.82) is 0 Å². The number of carbonyl (C=O) groups is 5. The molecule has 4 amide bonds. The predicted molar refractivity (Wildman–Crippen MR) is 151 cm³/mol. The Kier molecular flexibility index (Phi) is 10.7. The Labute approximate surface area is 235 Å². The lowest BCUT2D eigenvalue weighted by molar-refractivity contribution is -0.142. The number of para-hydroxylation sites is 1. The molecule has 1 heterocycles. The number of aromatic nitrogens is 1. The van der Waals surface area contributed by atoms with Crippen molar-refractivity contribution in [2.75, 3.05) is 5.75 Å². The van der Waals surface area contributed by atoms with Gasteiger partial charge in [0.25, 0.3) is 0 Å². The highest BCUT2D eigenvalue weighted by Gasteiger charge is 2.31. The normalized spacial score (nSPS) is 13.9. The summed E-state index contributed by atoms with van der Waals surface area (Å²) in [6.07, 6.45) is 1.34. The van der Waals surface area contributed by atoms with E-state index < -0.39 is 60.2 Å².